The molecule has 0 aromatic heterocycles. The summed E-state index contributed by atoms with van der Waals surface area (Å²) in [5.41, 5.74) is 3.25. The first-order valence-corrected chi connectivity index (χ1v) is 7.69. The number of nitrogens with zero attached hydrogens (tertiary/aromatic N) is 1. The summed E-state index contributed by atoms with van der Waals surface area (Å²) in [5.74, 6) is 0.0217. The molecule has 3 heteroatoms. The van der Waals surface area contributed by atoms with Crippen LogP contribution < -0.4 is 5.32 Å². The molecule has 2 rings (SSSR count). The predicted molar refractivity (Wildman–Crippen MR) is 91.8 cm³/mol. The zero-order valence-corrected chi connectivity index (χ0v) is 13.5. The van der Waals surface area contributed by atoms with E-state index in [9.17, 15) is 4.79 Å². The molecule has 0 saturated carbocycles. The van der Waals surface area contributed by atoms with Crippen LogP contribution in [-0.4, -0.2) is 23.4 Å². The molecule has 0 unspecified atom stereocenters. The maximum absolute atomic E-state index is 12.2. The summed E-state index contributed by atoms with van der Waals surface area (Å²) in [5, 5.41) is 2.96. The molecule has 116 valence electrons. The maximum atomic E-state index is 12.2. The number of rotatable bonds is 6. The van der Waals surface area contributed by atoms with E-state index in [1.807, 2.05) is 49.4 Å². The molecule has 1 N–H and O–H groups in total. The lowest BCUT2D eigenvalue weighted by atomic mass is 10.2. The smallest absolute Gasteiger partial charge is 0.238 e. The van der Waals surface area contributed by atoms with Crippen LogP contribution in [0.1, 0.15) is 25.0 Å². The Hall–Kier alpha value is -2.13. The fourth-order valence-corrected chi connectivity index (χ4v) is 2.26. The van der Waals surface area contributed by atoms with Crippen molar-refractivity contribution < 1.29 is 4.79 Å². The third kappa shape index (κ3) is 5.01. The number of carbonyl (C=O) groups is 1. The highest BCUT2D eigenvalue weighted by molar-refractivity contribution is 5.92. The second-order valence-corrected chi connectivity index (χ2v) is 5.90. The summed E-state index contributed by atoms with van der Waals surface area (Å²) < 4.78 is 0. The van der Waals surface area contributed by atoms with Crippen LogP contribution in [0.5, 0.6) is 0 Å². The van der Waals surface area contributed by atoms with E-state index in [0.717, 1.165) is 12.2 Å². The molecule has 0 radical (unpaired) electrons. The maximum Gasteiger partial charge on any atom is 0.238 e. The summed E-state index contributed by atoms with van der Waals surface area (Å²) in [7, 11) is 0. The Morgan fingerprint density at radius 2 is 1.68 bits per heavy atom. The van der Waals surface area contributed by atoms with Crippen molar-refractivity contribution in [3.05, 3.63) is 65.7 Å². The first kappa shape index (κ1) is 16.2. The Morgan fingerprint density at radius 3 is 2.27 bits per heavy atom. The molecule has 0 heterocycles. The minimum atomic E-state index is 0.0217. The van der Waals surface area contributed by atoms with Crippen LogP contribution in [0, 0.1) is 6.92 Å². The van der Waals surface area contributed by atoms with Crippen LogP contribution in [0.3, 0.4) is 0 Å². The molecule has 0 atom stereocenters. The lowest BCUT2D eigenvalue weighted by Crippen LogP contribution is -2.37. The van der Waals surface area contributed by atoms with Crippen LogP contribution in [0.25, 0.3) is 0 Å². The van der Waals surface area contributed by atoms with Gasteiger partial charge in [-0.2, -0.15) is 0 Å². The highest BCUT2D eigenvalue weighted by Gasteiger charge is 2.14. The Bertz CT molecular complexity index is 591. The van der Waals surface area contributed by atoms with E-state index in [2.05, 4.69) is 36.2 Å². The van der Waals surface area contributed by atoms with Crippen molar-refractivity contribution in [3.8, 4) is 0 Å². The summed E-state index contributed by atoms with van der Waals surface area (Å²) in [4.78, 5) is 14.4. The van der Waals surface area contributed by atoms with Gasteiger partial charge in [-0.15, -0.1) is 0 Å². The Balaban J connectivity index is 1.95. The molecular weight excluding hydrogens is 272 g/mol. The van der Waals surface area contributed by atoms with Gasteiger partial charge in [-0.05, 0) is 38.5 Å². The van der Waals surface area contributed by atoms with Gasteiger partial charge in [0.25, 0.3) is 0 Å². The van der Waals surface area contributed by atoms with Crippen molar-refractivity contribution >= 4 is 11.6 Å². The number of hydrogen-bond donors (Lipinski definition) is 1. The van der Waals surface area contributed by atoms with Crippen molar-refractivity contribution in [1.82, 2.24) is 4.90 Å². The summed E-state index contributed by atoms with van der Waals surface area (Å²) in [6.07, 6.45) is 0. The third-order valence-electron chi connectivity index (χ3n) is 3.64. The second kappa shape index (κ2) is 7.76. The van der Waals surface area contributed by atoms with E-state index in [1.165, 1.54) is 11.1 Å². The van der Waals surface area contributed by atoms with Gasteiger partial charge in [0.15, 0.2) is 0 Å². The van der Waals surface area contributed by atoms with Crippen molar-refractivity contribution in [3.63, 3.8) is 0 Å². The molecule has 22 heavy (non-hydrogen) atoms. The van der Waals surface area contributed by atoms with Gasteiger partial charge < -0.3 is 5.32 Å². The van der Waals surface area contributed by atoms with Gasteiger partial charge in [-0.25, -0.2) is 0 Å². The molecule has 0 fully saturated rings. The van der Waals surface area contributed by atoms with Crippen molar-refractivity contribution in [2.75, 3.05) is 11.9 Å². The van der Waals surface area contributed by atoms with Crippen LogP contribution in [0.4, 0.5) is 5.69 Å². The van der Waals surface area contributed by atoms with Crippen LogP contribution in [0.2, 0.25) is 0 Å². The standard InChI is InChI=1S/C19H24N2O/c1-15(2)21(13-17-7-5-4-6-8-17)14-19(22)20-18-11-9-16(3)10-12-18/h4-12,15H,13-14H2,1-3H3,(H,20,22). The minimum Gasteiger partial charge on any atom is -0.325 e. The fourth-order valence-electron chi connectivity index (χ4n) is 2.26. The molecule has 3 nitrogen and oxygen atoms in total. The van der Waals surface area contributed by atoms with E-state index in [-0.39, 0.29) is 5.91 Å². The molecule has 0 aliphatic heterocycles. The van der Waals surface area contributed by atoms with E-state index in [0.29, 0.717) is 12.6 Å². The van der Waals surface area contributed by atoms with Crippen LogP contribution in [0.15, 0.2) is 54.6 Å². The van der Waals surface area contributed by atoms with E-state index < -0.39 is 0 Å². The molecule has 0 aliphatic rings. The topological polar surface area (TPSA) is 32.3 Å². The number of hydrogen-bond acceptors (Lipinski definition) is 2. The number of carbonyl (C=O) groups excluding carboxylic acids is 1. The lowest BCUT2D eigenvalue weighted by molar-refractivity contribution is -0.117. The quantitative estimate of drug-likeness (QED) is 0.878. The van der Waals surface area contributed by atoms with Gasteiger partial charge in [0.2, 0.25) is 5.91 Å². The monoisotopic (exact) mass is 296 g/mol. The average molecular weight is 296 g/mol. The molecule has 0 aliphatic carbocycles. The van der Waals surface area contributed by atoms with E-state index in [1.54, 1.807) is 0 Å². The van der Waals surface area contributed by atoms with Crippen molar-refractivity contribution in [2.24, 2.45) is 0 Å². The zero-order valence-electron chi connectivity index (χ0n) is 13.5. The number of aryl methyl sites for hydroxylation is 1. The van der Waals surface area contributed by atoms with Gasteiger partial charge >= 0.3 is 0 Å². The molecule has 0 bridgehead atoms. The Labute approximate surface area is 133 Å². The number of nitrogens with one attached hydrogen (secondary N) is 1. The minimum absolute atomic E-state index is 0.0217. The molecule has 0 saturated heterocycles. The molecular formula is C19H24N2O. The summed E-state index contributed by atoms with van der Waals surface area (Å²) in [6.45, 7) is 7.43. The second-order valence-electron chi connectivity index (χ2n) is 5.90. The predicted octanol–water partition coefficient (Wildman–Crippen LogP) is 3.84. The average Bonchev–Trinajstić information content (AvgIpc) is 2.50. The largest absolute Gasteiger partial charge is 0.325 e. The van der Waals surface area contributed by atoms with Gasteiger partial charge in [0.05, 0.1) is 6.54 Å². The third-order valence-corrected chi connectivity index (χ3v) is 3.64. The number of anilines is 1. The molecule has 2 aromatic carbocycles. The van der Waals surface area contributed by atoms with Gasteiger partial charge in [-0.1, -0.05) is 48.0 Å². The van der Waals surface area contributed by atoms with Gasteiger partial charge in [0.1, 0.15) is 0 Å². The lowest BCUT2D eigenvalue weighted by Gasteiger charge is -2.26. The summed E-state index contributed by atoms with van der Waals surface area (Å²) >= 11 is 0. The van der Waals surface area contributed by atoms with Crippen LogP contribution in [-0.2, 0) is 11.3 Å². The Kier molecular flexibility index (Phi) is 5.73. The molecule has 0 spiro atoms. The van der Waals surface area contributed by atoms with Crippen molar-refractivity contribution in [1.29, 1.82) is 0 Å². The SMILES string of the molecule is Cc1ccc(NC(=O)CN(Cc2ccccc2)C(C)C)cc1. The van der Waals surface area contributed by atoms with Gasteiger partial charge in [0, 0.05) is 18.3 Å². The normalized spacial score (nSPS) is 11.0. The van der Waals surface area contributed by atoms with Crippen LogP contribution >= 0.6 is 0 Å². The van der Waals surface area contributed by atoms with Gasteiger partial charge in [-0.3, -0.25) is 9.69 Å². The highest BCUT2D eigenvalue weighted by atomic mass is 16.2. The van der Waals surface area contributed by atoms with E-state index in [4.69, 9.17) is 0 Å². The highest BCUT2D eigenvalue weighted by Crippen LogP contribution is 2.11. The molecule has 1 amide bonds. The Morgan fingerprint density at radius 1 is 1.05 bits per heavy atom. The number of benzene rings is 2. The van der Waals surface area contributed by atoms with Crippen molar-refractivity contribution in [2.45, 2.75) is 33.4 Å². The zero-order chi connectivity index (χ0) is 15.9. The first-order valence-electron chi connectivity index (χ1n) is 7.69. The number of amides is 1. The fraction of sp³-hybridized carbons (Fsp3) is 0.316. The molecule has 2 aromatic rings. The summed E-state index contributed by atoms with van der Waals surface area (Å²) in [6, 6.07) is 18.4. The van der Waals surface area contributed by atoms with E-state index >= 15 is 0 Å². The first-order chi connectivity index (χ1) is 10.5.